The lowest BCUT2D eigenvalue weighted by Gasteiger charge is -2.50. The maximum atomic E-state index is 13.8. The van der Waals surface area contributed by atoms with Gasteiger partial charge in [0, 0.05) is 49.4 Å². The van der Waals surface area contributed by atoms with Gasteiger partial charge in [0.25, 0.3) is 11.8 Å². The molecule has 1 spiro atoms. The average molecular weight is 583 g/mol. The molecule has 1 saturated carbocycles. The van der Waals surface area contributed by atoms with Crippen LogP contribution in [0.1, 0.15) is 78.2 Å². The van der Waals surface area contributed by atoms with Crippen molar-refractivity contribution in [2.24, 2.45) is 16.7 Å². The van der Waals surface area contributed by atoms with Crippen LogP contribution in [0.25, 0.3) is 0 Å². The Kier molecular flexibility index (Phi) is 6.33. The molecule has 7 rings (SSSR count). The molecule has 224 valence electrons. The summed E-state index contributed by atoms with van der Waals surface area (Å²) in [5.41, 5.74) is 3.35. The van der Waals surface area contributed by atoms with Gasteiger partial charge in [-0.05, 0) is 44.2 Å². The van der Waals surface area contributed by atoms with Crippen LogP contribution in [0.4, 0.5) is 0 Å². The maximum Gasteiger partial charge on any atom is 0.257 e. The van der Waals surface area contributed by atoms with Crippen molar-refractivity contribution >= 4 is 11.8 Å². The third kappa shape index (κ3) is 4.84. The van der Waals surface area contributed by atoms with Gasteiger partial charge in [-0.15, -0.1) is 0 Å². The zero-order chi connectivity index (χ0) is 30.1. The summed E-state index contributed by atoms with van der Waals surface area (Å²) in [4.78, 5) is 35.7. The van der Waals surface area contributed by atoms with Crippen LogP contribution in [-0.4, -0.2) is 77.5 Å². The van der Waals surface area contributed by atoms with E-state index in [0.29, 0.717) is 50.0 Å². The number of hydrogen-bond donors (Lipinski definition) is 0. The van der Waals surface area contributed by atoms with Gasteiger partial charge in [-0.1, -0.05) is 49.3 Å². The van der Waals surface area contributed by atoms with Gasteiger partial charge in [0.15, 0.2) is 5.82 Å². The third-order valence-corrected chi connectivity index (χ3v) is 9.68. The van der Waals surface area contributed by atoms with Crippen LogP contribution in [0.15, 0.2) is 53.3 Å². The van der Waals surface area contributed by atoms with E-state index in [2.05, 4.69) is 29.2 Å². The SMILES string of the molecule is Cc1cc(C)n([C@@H](C)c2nc(C3CN(C(=O)c4cnn(Cc5ccccc5)c4)CC34CN(C(=O)[C@H]3CC3(C)C)C4)no2)n1. The Bertz CT molecular complexity index is 1680. The molecule has 1 unspecified atom stereocenters. The minimum atomic E-state index is -0.326. The van der Waals surface area contributed by atoms with E-state index in [0.717, 1.165) is 23.4 Å². The van der Waals surface area contributed by atoms with Gasteiger partial charge in [0.1, 0.15) is 6.04 Å². The Morgan fingerprint density at radius 2 is 1.81 bits per heavy atom. The number of likely N-dealkylation sites (tertiary alicyclic amines) is 2. The second-order valence-corrected chi connectivity index (χ2v) is 13.5. The summed E-state index contributed by atoms with van der Waals surface area (Å²) in [6, 6.07) is 11.8. The van der Waals surface area contributed by atoms with Crippen LogP contribution in [0.2, 0.25) is 0 Å². The van der Waals surface area contributed by atoms with E-state index in [1.54, 1.807) is 10.9 Å². The number of carbonyl (C=O) groups is 2. The van der Waals surface area contributed by atoms with Crippen molar-refractivity contribution in [3.63, 3.8) is 0 Å². The number of aryl methyl sites for hydroxylation is 2. The Hall–Kier alpha value is -4.28. The summed E-state index contributed by atoms with van der Waals surface area (Å²) >= 11 is 0. The molecule has 0 bridgehead atoms. The molecule has 5 heterocycles. The number of nitrogens with zero attached hydrogens (tertiary/aromatic N) is 8. The minimum Gasteiger partial charge on any atom is -0.341 e. The van der Waals surface area contributed by atoms with Gasteiger partial charge in [-0.2, -0.15) is 15.2 Å². The maximum absolute atomic E-state index is 13.8. The highest BCUT2D eigenvalue weighted by atomic mass is 16.5. The third-order valence-electron chi connectivity index (χ3n) is 9.68. The van der Waals surface area contributed by atoms with Crippen LogP contribution in [0.5, 0.6) is 0 Å². The van der Waals surface area contributed by atoms with Crippen molar-refractivity contribution in [2.75, 3.05) is 26.2 Å². The van der Waals surface area contributed by atoms with Gasteiger partial charge in [-0.25, -0.2) is 0 Å². The molecule has 0 radical (unpaired) electrons. The minimum absolute atomic E-state index is 0.0680. The van der Waals surface area contributed by atoms with Crippen molar-refractivity contribution in [1.29, 1.82) is 0 Å². The van der Waals surface area contributed by atoms with E-state index in [4.69, 9.17) is 9.51 Å². The zero-order valence-electron chi connectivity index (χ0n) is 25.4. The molecular weight excluding hydrogens is 544 g/mol. The highest BCUT2D eigenvalue weighted by Crippen LogP contribution is 2.55. The van der Waals surface area contributed by atoms with Gasteiger partial charge >= 0.3 is 0 Å². The Labute approximate surface area is 250 Å². The highest BCUT2D eigenvalue weighted by Gasteiger charge is 2.61. The molecule has 1 aromatic carbocycles. The van der Waals surface area contributed by atoms with Gasteiger partial charge in [0.2, 0.25) is 5.91 Å². The fourth-order valence-electron chi connectivity index (χ4n) is 6.99. The fraction of sp³-hybridized carbons (Fsp3) is 0.500. The lowest BCUT2D eigenvalue weighted by molar-refractivity contribution is -0.145. The van der Waals surface area contributed by atoms with E-state index in [1.165, 1.54) is 0 Å². The Morgan fingerprint density at radius 1 is 1.09 bits per heavy atom. The molecule has 3 aliphatic rings. The number of benzene rings is 1. The van der Waals surface area contributed by atoms with Crippen molar-refractivity contribution < 1.29 is 14.1 Å². The largest absolute Gasteiger partial charge is 0.341 e. The number of rotatable bonds is 7. The topological polar surface area (TPSA) is 115 Å². The number of hydrogen-bond acceptors (Lipinski definition) is 7. The van der Waals surface area contributed by atoms with E-state index in [1.807, 2.05) is 77.8 Å². The second-order valence-electron chi connectivity index (χ2n) is 13.5. The van der Waals surface area contributed by atoms with Crippen LogP contribution < -0.4 is 0 Å². The second kappa shape index (κ2) is 9.89. The van der Waals surface area contributed by atoms with E-state index < -0.39 is 0 Å². The normalized spacial score (nSPS) is 22.5. The first kappa shape index (κ1) is 27.5. The van der Waals surface area contributed by atoms with E-state index in [-0.39, 0.29) is 40.5 Å². The van der Waals surface area contributed by atoms with Crippen LogP contribution in [-0.2, 0) is 11.3 Å². The quantitative estimate of drug-likeness (QED) is 0.325. The molecule has 2 aliphatic heterocycles. The van der Waals surface area contributed by atoms with Crippen molar-refractivity contribution in [3.8, 4) is 0 Å². The van der Waals surface area contributed by atoms with Crippen molar-refractivity contribution in [3.05, 3.63) is 83.0 Å². The predicted octanol–water partition coefficient (Wildman–Crippen LogP) is 3.85. The standard InChI is InChI=1S/C32H38N8O3/c1-20-11-21(2)40(35-20)22(3)28-34-27(36-43-28)26-16-37(17-32(26)18-38(19-32)30(42)25-12-31(25,4)5)29(41)24-13-33-39(15-24)14-23-9-7-6-8-10-23/h6-11,13,15,22,25-26H,12,14,16-19H2,1-5H3/t22-,25+,26?/m0/s1. The van der Waals surface area contributed by atoms with E-state index in [9.17, 15) is 9.59 Å². The molecule has 3 aromatic heterocycles. The number of carbonyl (C=O) groups excluding carboxylic acids is 2. The summed E-state index contributed by atoms with van der Waals surface area (Å²) in [7, 11) is 0. The first-order chi connectivity index (χ1) is 20.5. The molecular formula is C32H38N8O3. The molecule has 3 fully saturated rings. The monoisotopic (exact) mass is 582 g/mol. The lowest BCUT2D eigenvalue weighted by Crippen LogP contribution is -2.62. The molecule has 1 aliphatic carbocycles. The Morgan fingerprint density at radius 3 is 2.49 bits per heavy atom. The summed E-state index contributed by atoms with van der Waals surface area (Å²) in [5.74, 6) is 1.13. The van der Waals surface area contributed by atoms with E-state index >= 15 is 0 Å². The summed E-state index contributed by atoms with van der Waals surface area (Å²) in [5, 5.41) is 13.5. The van der Waals surface area contributed by atoms with Gasteiger partial charge < -0.3 is 14.3 Å². The summed E-state index contributed by atoms with van der Waals surface area (Å²) < 4.78 is 9.47. The first-order valence-electron chi connectivity index (χ1n) is 15.0. The smallest absolute Gasteiger partial charge is 0.257 e. The molecule has 2 saturated heterocycles. The highest BCUT2D eigenvalue weighted by molar-refractivity contribution is 5.94. The van der Waals surface area contributed by atoms with Crippen LogP contribution in [0.3, 0.4) is 0 Å². The fourth-order valence-corrected chi connectivity index (χ4v) is 6.99. The van der Waals surface area contributed by atoms with Crippen LogP contribution in [0, 0.1) is 30.6 Å². The average Bonchev–Trinajstić information content (AvgIpc) is 3.53. The zero-order valence-corrected chi connectivity index (χ0v) is 25.4. The van der Waals surface area contributed by atoms with Crippen molar-refractivity contribution in [2.45, 2.75) is 59.5 Å². The van der Waals surface area contributed by atoms with Crippen LogP contribution >= 0.6 is 0 Å². The van der Waals surface area contributed by atoms with Gasteiger partial charge in [-0.3, -0.25) is 19.0 Å². The molecule has 11 heteroatoms. The molecule has 0 N–H and O–H groups in total. The molecule has 11 nitrogen and oxygen atoms in total. The van der Waals surface area contributed by atoms with Crippen molar-refractivity contribution in [1.82, 2.24) is 39.5 Å². The lowest BCUT2D eigenvalue weighted by atomic mass is 9.71. The number of aromatic nitrogens is 6. The Balaban J connectivity index is 1.12. The first-order valence-corrected chi connectivity index (χ1v) is 15.0. The molecule has 43 heavy (non-hydrogen) atoms. The molecule has 4 aromatic rings. The predicted molar refractivity (Wildman–Crippen MR) is 157 cm³/mol. The molecule has 3 atom stereocenters. The molecule has 2 amide bonds. The summed E-state index contributed by atoms with van der Waals surface area (Å²) in [6.45, 7) is 13.0. The summed E-state index contributed by atoms with van der Waals surface area (Å²) in [6.07, 6.45) is 4.37. The van der Waals surface area contributed by atoms with Gasteiger partial charge in [0.05, 0.1) is 29.9 Å². The number of amides is 2.